The molecule has 1 amide bonds. The van der Waals surface area contributed by atoms with Gasteiger partial charge in [-0.15, -0.1) is 0 Å². The fourth-order valence-corrected chi connectivity index (χ4v) is 3.82. The molecule has 0 bridgehead atoms. The van der Waals surface area contributed by atoms with E-state index in [1.54, 1.807) is 0 Å². The summed E-state index contributed by atoms with van der Waals surface area (Å²) in [7, 11) is 0. The Morgan fingerprint density at radius 3 is 2.73 bits per heavy atom. The van der Waals surface area contributed by atoms with Crippen molar-refractivity contribution >= 4 is 17.3 Å². The molecule has 2 N–H and O–H groups in total. The lowest BCUT2D eigenvalue weighted by Crippen LogP contribution is -2.58. The van der Waals surface area contributed by atoms with Gasteiger partial charge in [0.05, 0.1) is 18.0 Å². The average Bonchev–Trinajstić information content (AvgIpc) is 3.04. The highest BCUT2D eigenvalue weighted by molar-refractivity contribution is 6.06. The summed E-state index contributed by atoms with van der Waals surface area (Å²) in [4.78, 5) is 15.1. The summed E-state index contributed by atoms with van der Waals surface area (Å²) in [5.74, 6) is 0.790. The largest absolute Gasteiger partial charge is 0.381 e. The van der Waals surface area contributed by atoms with Gasteiger partial charge in [0.15, 0.2) is 0 Å². The zero-order chi connectivity index (χ0) is 15.0. The number of piperidine rings is 1. The van der Waals surface area contributed by atoms with E-state index < -0.39 is 5.54 Å². The molecule has 3 aliphatic heterocycles. The number of rotatable bonds is 2. The zero-order valence-corrected chi connectivity index (χ0v) is 12.8. The first-order chi connectivity index (χ1) is 10.8. The van der Waals surface area contributed by atoms with Crippen LogP contribution in [0.2, 0.25) is 0 Å². The van der Waals surface area contributed by atoms with Crippen LogP contribution in [0.15, 0.2) is 24.3 Å². The Morgan fingerprint density at radius 1 is 1.23 bits per heavy atom. The summed E-state index contributed by atoms with van der Waals surface area (Å²) in [6.07, 6.45) is 2.90. The van der Waals surface area contributed by atoms with Gasteiger partial charge in [0, 0.05) is 26.2 Å². The highest BCUT2D eigenvalue weighted by Crippen LogP contribution is 2.36. The Balaban J connectivity index is 1.42. The van der Waals surface area contributed by atoms with Crippen molar-refractivity contribution in [1.29, 1.82) is 0 Å². The van der Waals surface area contributed by atoms with Gasteiger partial charge < -0.3 is 20.3 Å². The minimum absolute atomic E-state index is 0.120. The van der Waals surface area contributed by atoms with Crippen molar-refractivity contribution in [2.24, 2.45) is 5.92 Å². The highest BCUT2D eigenvalue weighted by atomic mass is 16.5. The van der Waals surface area contributed by atoms with E-state index in [1.165, 1.54) is 6.42 Å². The standard InChI is InChI=1S/C17H23N3O2/c21-16-17(19-15-4-2-1-3-14(15)18-16)6-8-20(9-7-17)11-13-5-10-22-12-13/h1-4,13,19H,5-12H2,(H,18,21)/t13-/m0/s1. The van der Waals surface area contributed by atoms with Crippen LogP contribution in [0, 0.1) is 5.92 Å². The monoisotopic (exact) mass is 301 g/mol. The Bertz CT molecular complexity index is 561. The Hall–Kier alpha value is -1.59. The number of ether oxygens (including phenoxy) is 1. The van der Waals surface area contributed by atoms with Gasteiger partial charge in [0.25, 0.3) is 0 Å². The van der Waals surface area contributed by atoms with E-state index in [2.05, 4.69) is 15.5 Å². The molecule has 118 valence electrons. The number of nitrogens with one attached hydrogen (secondary N) is 2. The quantitative estimate of drug-likeness (QED) is 0.876. The number of hydrogen-bond donors (Lipinski definition) is 2. The van der Waals surface area contributed by atoms with Crippen molar-refractivity contribution in [3.05, 3.63) is 24.3 Å². The van der Waals surface area contributed by atoms with E-state index in [9.17, 15) is 4.79 Å². The van der Waals surface area contributed by atoms with Crippen LogP contribution in [0.3, 0.4) is 0 Å². The van der Waals surface area contributed by atoms with Crippen molar-refractivity contribution in [2.45, 2.75) is 24.8 Å². The summed E-state index contributed by atoms with van der Waals surface area (Å²) in [6, 6.07) is 7.94. The molecule has 2 fully saturated rings. The summed E-state index contributed by atoms with van der Waals surface area (Å²) in [6.45, 7) is 4.85. The molecule has 1 aromatic rings. The van der Waals surface area contributed by atoms with E-state index in [-0.39, 0.29) is 5.91 Å². The van der Waals surface area contributed by atoms with Crippen LogP contribution in [-0.4, -0.2) is 49.2 Å². The second kappa shape index (κ2) is 5.56. The Labute approximate surface area is 131 Å². The van der Waals surface area contributed by atoms with Crippen LogP contribution in [0.1, 0.15) is 19.3 Å². The minimum atomic E-state index is -0.434. The predicted molar refractivity (Wildman–Crippen MR) is 86.0 cm³/mol. The number of carbonyl (C=O) groups is 1. The van der Waals surface area contributed by atoms with Gasteiger partial charge in [-0.1, -0.05) is 12.1 Å². The smallest absolute Gasteiger partial charge is 0.250 e. The van der Waals surface area contributed by atoms with Gasteiger partial charge in [-0.05, 0) is 37.3 Å². The topological polar surface area (TPSA) is 53.6 Å². The molecule has 1 spiro atoms. The summed E-state index contributed by atoms with van der Waals surface area (Å²) >= 11 is 0. The number of nitrogens with zero attached hydrogens (tertiary/aromatic N) is 1. The molecule has 3 heterocycles. The summed E-state index contributed by atoms with van der Waals surface area (Å²) in [5.41, 5.74) is 1.50. The number of anilines is 2. The van der Waals surface area contributed by atoms with Gasteiger partial charge in [-0.2, -0.15) is 0 Å². The lowest BCUT2D eigenvalue weighted by atomic mass is 9.84. The third-order valence-corrected chi connectivity index (χ3v) is 5.23. The molecular weight excluding hydrogens is 278 g/mol. The van der Waals surface area contributed by atoms with Crippen molar-refractivity contribution in [1.82, 2.24) is 4.90 Å². The van der Waals surface area contributed by atoms with Crippen LogP contribution in [0.25, 0.3) is 0 Å². The minimum Gasteiger partial charge on any atom is -0.381 e. The Morgan fingerprint density at radius 2 is 2.00 bits per heavy atom. The fourth-order valence-electron chi connectivity index (χ4n) is 3.82. The Kier molecular flexibility index (Phi) is 3.54. The number of hydrogen-bond acceptors (Lipinski definition) is 4. The van der Waals surface area contributed by atoms with Crippen LogP contribution in [-0.2, 0) is 9.53 Å². The second-order valence-electron chi connectivity index (χ2n) is 6.74. The molecule has 0 unspecified atom stereocenters. The first kappa shape index (κ1) is 14.0. The maximum atomic E-state index is 12.6. The summed E-state index contributed by atoms with van der Waals surface area (Å²) in [5, 5.41) is 6.58. The molecule has 0 radical (unpaired) electrons. The number of likely N-dealkylation sites (tertiary alicyclic amines) is 1. The SMILES string of the molecule is O=C1Nc2ccccc2NC12CCN(C[C@@H]1CCOC1)CC2. The average molecular weight is 301 g/mol. The number of para-hydroxylation sites is 2. The third-order valence-electron chi connectivity index (χ3n) is 5.23. The van der Waals surface area contributed by atoms with Gasteiger partial charge in [0.1, 0.15) is 5.54 Å². The number of amides is 1. The molecular formula is C17H23N3O2. The molecule has 1 atom stereocenters. The zero-order valence-electron chi connectivity index (χ0n) is 12.8. The van der Waals surface area contributed by atoms with Crippen molar-refractivity contribution in [3.63, 3.8) is 0 Å². The van der Waals surface area contributed by atoms with Gasteiger partial charge in [-0.3, -0.25) is 4.79 Å². The van der Waals surface area contributed by atoms with Crippen molar-refractivity contribution in [3.8, 4) is 0 Å². The highest BCUT2D eigenvalue weighted by Gasteiger charge is 2.44. The normalized spacial score (nSPS) is 27.3. The van der Waals surface area contributed by atoms with Gasteiger partial charge in [-0.25, -0.2) is 0 Å². The molecule has 3 aliphatic rings. The first-order valence-corrected chi connectivity index (χ1v) is 8.24. The second-order valence-corrected chi connectivity index (χ2v) is 6.74. The van der Waals surface area contributed by atoms with E-state index >= 15 is 0 Å². The van der Waals surface area contributed by atoms with E-state index in [0.29, 0.717) is 5.92 Å². The van der Waals surface area contributed by atoms with Crippen molar-refractivity contribution < 1.29 is 9.53 Å². The van der Waals surface area contributed by atoms with E-state index in [4.69, 9.17) is 4.74 Å². The van der Waals surface area contributed by atoms with Crippen molar-refractivity contribution in [2.75, 3.05) is 43.5 Å². The molecule has 5 nitrogen and oxygen atoms in total. The molecule has 0 aromatic heterocycles. The van der Waals surface area contributed by atoms with Crippen LogP contribution in [0.5, 0.6) is 0 Å². The lowest BCUT2D eigenvalue weighted by Gasteiger charge is -2.44. The molecule has 0 saturated carbocycles. The lowest BCUT2D eigenvalue weighted by molar-refractivity contribution is -0.122. The number of carbonyl (C=O) groups excluding carboxylic acids is 1. The fraction of sp³-hybridized carbons (Fsp3) is 0.588. The molecule has 0 aliphatic carbocycles. The van der Waals surface area contributed by atoms with E-state index in [0.717, 1.165) is 57.1 Å². The molecule has 5 heteroatoms. The maximum Gasteiger partial charge on any atom is 0.250 e. The van der Waals surface area contributed by atoms with Gasteiger partial charge >= 0.3 is 0 Å². The predicted octanol–water partition coefficient (Wildman–Crippen LogP) is 1.92. The molecule has 22 heavy (non-hydrogen) atoms. The molecule has 2 saturated heterocycles. The molecule has 1 aromatic carbocycles. The number of benzene rings is 1. The van der Waals surface area contributed by atoms with Gasteiger partial charge in [0.2, 0.25) is 5.91 Å². The third kappa shape index (κ3) is 2.48. The van der Waals surface area contributed by atoms with Crippen LogP contribution >= 0.6 is 0 Å². The van der Waals surface area contributed by atoms with E-state index in [1.807, 2.05) is 24.3 Å². The van der Waals surface area contributed by atoms with Crippen LogP contribution in [0.4, 0.5) is 11.4 Å². The molecule has 4 rings (SSSR count). The first-order valence-electron chi connectivity index (χ1n) is 8.24. The number of fused-ring (bicyclic) bond motifs is 1. The summed E-state index contributed by atoms with van der Waals surface area (Å²) < 4.78 is 5.46. The van der Waals surface area contributed by atoms with Crippen LogP contribution < -0.4 is 10.6 Å². The maximum absolute atomic E-state index is 12.6.